The molecule has 2 aliphatic rings. The molecule has 0 N–H and O–H groups in total. The van der Waals surface area contributed by atoms with Crippen LogP contribution in [0.1, 0.15) is 0 Å². The Labute approximate surface area is 66.8 Å². The number of hydrogen-bond acceptors (Lipinski definition) is 4. The molecule has 2 fully saturated rings. The highest BCUT2D eigenvalue weighted by atomic mass is 16.6. The van der Waals surface area contributed by atoms with E-state index in [-0.39, 0.29) is 5.41 Å². The summed E-state index contributed by atoms with van der Waals surface area (Å²) in [6.07, 6.45) is 0. The predicted molar refractivity (Wildman–Crippen MR) is 37.7 cm³/mol. The highest BCUT2D eigenvalue weighted by Gasteiger charge is 2.37. The maximum atomic E-state index is 5.04. The Morgan fingerprint density at radius 1 is 0.727 bits per heavy atom. The van der Waals surface area contributed by atoms with Gasteiger partial charge in [0.1, 0.15) is 0 Å². The van der Waals surface area contributed by atoms with Gasteiger partial charge in [0.25, 0.3) is 0 Å². The van der Waals surface area contributed by atoms with Crippen LogP contribution < -0.4 is 0 Å². The van der Waals surface area contributed by atoms with Gasteiger partial charge in [0, 0.05) is 26.4 Å². The minimum Gasteiger partial charge on any atom is -0.412 e. The molecule has 6 heteroatoms. The quantitative estimate of drug-likeness (QED) is 0.425. The van der Waals surface area contributed by atoms with Gasteiger partial charge in [-0.1, -0.05) is 0 Å². The van der Waals surface area contributed by atoms with Crippen molar-refractivity contribution < 1.29 is 18.6 Å². The van der Waals surface area contributed by atoms with Crippen LogP contribution in [-0.4, -0.2) is 41.8 Å². The van der Waals surface area contributed by atoms with Crippen molar-refractivity contribution in [1.29, 1.82) is 0 Å². The molecule has 2 heterocycles. The highest BCUT2D eigenvalue weighted by Crippen LogP contribution is 2.24. The third-order valence-electron chi connectivity index (χ3n) is 1.83. The van der Waals surface area contributed by atoms with Gasteiger partial charge in [0.15, 0.2) is 0 Å². The van der Waals surface area contributed by atoms with Crippen LogP contribution >= 0.6 is 0 Å². The van der Waals surface area contributed by atoms with E-state index < -0.39 is 0 Å². The standard InChI is InChI=1S/C5H8B2O4/c1-5(2-9-6-8-1)3-10-7-11-4-5/h1-4H2. The fourth-order valence-corrected chi connectivity index (χ4v) is 1.19. The Hall–Kier alpha value is -0.0301. The van der Waals surface area contributed by atoms with E-state index in [2.05, 4.69) is 0 Å². The van der Waals surface area contributed by atoms with E-state index in [4.69, 9.17) is 18.6 Å². The van der Waals surface area contributed by atoms with Crippen LogP contribution in [0.3, 0.4) is 0 Å². The minimum absolute atomic E-state index is 0.0938. The average molecular weight is 154 g/mol. The van der Waals surface area contributed by atoms with Crippen LogP contribution in [0.5, 0.6) is 0 Å². The lowest BCUT2D eigenvalue weighted by molar-refractivity contribution is -0.0709. The van der Waals surface area contributed by atoms with Gasteiger partial charge in [-0.25, -0.2) is 0 Å². The van der Waals surface area contributed by atoms with Gasteiger partial charge >= 0.3 is 15.4 Å². The molecule has 11 heavy (non-hydrogen) atoms. The Morgan fingerprint density at radius 3 is 1.45 bits per heavy atom. The van der Waals surface area contributed by atoms with Crippen molar-refractivity contribution in [2.24, 2.45) is 5.41 Å². The monoisotopic (exact) mass is 154 g/mol. The van der Waals surface area contributed by atoms with Crippen LogP contribution in [0.15, 0.2) is 0 Å². The normalized spacial score (nSPS) is 29.1. The Bertz CT molecular complexity index is 111. The molecule has 0 aromatic carbocycles. The number of hydrogen-bond donors (Lipinski definition) is 0. The van der Waals surface area contributed by atoms with Gasteiger partial charge < -0.3 is 18.6 Å². The van der Waals surface area contributed by atoms with E-state index in [9.17, 15) is 0 Å². The molecule has 2 rings (SSSR count). The Kier molecular flexibility index (Phi) is 2.18. The molecule has 2 saturated heterocycles. The van der Waals surface area contributed by atoms with Crippen molar-refractivity contribution in [3.05, 3.63) is 0 Å². The Morgan fingerprint density at radius 2 is 1.09 bits per heavy atom. The van der Waals surface area contributed by atoms with E-state index in [0.717, 1.165) is 0 Å². The summed E-state index contributed by atoms with van der Waals surface area (Å²) in [6.45, 7) is 2.45. The zero-order valence-electron chi connectivity index (χ0n) is 6.12. The topological polar surface area (TPSA) is 36.9 Å². The first-order valence-electron chi connectivity index (χ1n) is 3.51. The molecule has 0 saturated carbocycles. The van der Waals surface area contributed by atoms with Crippen molar-refractivity contribution in [2.75, 3.05) is 26.4 Å². The molecule has 58 valence electrons. The summed E-state index contributed by atoms with van der Waals surface area (Å²) in [5.74, 6) is 0. The molecule has 0 aromatic heterocycles. The van der Waals surface area contributed by atoms with Crippen molar-refractivity contribution in [3.63, 3.8) is 0 Å². The van der Waals surface area contributed by atoms with Gasteiger partial charge in [0.2, 0.25) is 0 Å². The van der Waals surface area contributed by atoms with Gasteiger partial charge in [-0.3, -0.25) is 0 Å². The first-order chi connectivity index (χ1) is 5.41. The van der Waals surface area contributed by atoms with Crippen LogP contribution in [0.4, 0.5) is 0 Å². The third-order valence-corrected chi connectivity index (χ3v) is 1.83. The van der Waals surface area contributed by atoms with Gasteiger partial charge in [-0.05, 0) is 0 Å². The average Bonchev–Trinajstić information content (AvgIpc) is 2.07. The molecule has 1 spiro atoms. The van der Waals surface area contributed by atoms with Gasteiger partial charge in [-0.15, -0.1) is 0 Å². The molecule has 0 atom stereocenters. The zero-order chi connectivity index (χ0) is 7.57. The van der Waals surface area contributed by atoms with E-state index in [0.29, 0.717) is 26.4 Å². The molecule has 0 aliphatic carbocycles. The molecule has 0 unspecified atom stereocenters. The maximum absolute atomic E-state index is 5.04. The largest absolute Gasteiger partial charge is 0.488 e. The second-order valence-electron chi connectivity index (χ2n) is 2.94. The molecule has 0 bridgehead atoms. The van der Waals surface area contributed by atoms with E-state index in [1.807, 2.05) is 0 Å². The predicted octanol–water partition coefficient (Wildman–Crippen LogP) is -0.865. The van der Waals surface area contributed by atoms with Crippen molar-refractivity contribution in [1.82, 2.24) is 0 Å². The lowest BCUT2D eigenvalue weighted by atomic mass is 9.88. The zero-order valence-corrected chi connectivity index (χ0v) is 6.12. The lowest BCUT2D eigenvalue weighted by Gasteiger charge is -2.38. The maximum Gasteiger partial charge on any atom is 0.488 e. The van der Waals surface area contributed by atoms with Gasteiger partial charge in [-0.2, -0.15) is 0 Å². The molecular formula is C5H8B2O4. The second kappa shape index (κ2) is 3.15. The third kappa shape index (κ3) is 1.59. The second-order valence-corrected chi connectivity index (χ2v) is 2.94. The first-order valence-corrected chi connectivity index (χ1v) is 3.51. The smallest absolute Gasteiger partial charge is 0.412 e. The summed E-state index contributed by atoms with van der Waals surface area (Å²) in [7, 11) is 2.73. The summed E-state index contributed by atoms with van der Waals surface area (Å²) in [4.78, 5) is 0. The molecule has 2 aliphatic heterocycles. The van der Waals surface area contributed by atoms with Crippen molar-refractivity contribution >= 4 is 15.4 Å². The highest BCUT2D eigenvalue weighted by molar-refractivity contribution is 6.19. The van der Waals surface area contributed by atoms with Crippen molar-refractivity contribution in [3.8, 4) is 0 Å². The van der Waals surface area contributed by atoms with Crippen LogP contribution in [-0.2, 0) is 18.6 Å². The summed E-state index contributed by atoms with van der Waals surface area (Å²) in [6, 6.07) is 0. The van der Waals surface area contributed by atoms with Crippen LogP contribution in [0.25, 0.3) is 0 Å². The molecule has 2 radical (unpaired) electrons. The van der Waals surface area contributed by atoms with Gasteiger partial charge in [0.05, 0.1) is 5.41 Å². The summed E-state index contributed by atoms with van der Waals surface area (Å²) < 4.78 is 20.2. The first kappa shape index (κ1) is 7.61. The lowest BCUT2D eigenvalue weighted by Crippen LogP contribution is -2.49. The van der Waals surface area contributed by atoms with E-state index >= 15 is 0 Å². The minimum atomic E-state index is -0.0938. The molecular weight excluding hydrogens is 146 g/mol. The Balaban J connectivity index is 1.94. The summed E-state index contributed by atoms with van der Waals surface area (Å²) >= 11 is 0. The summed E-state index contributed by atoms with van der Waals surface area (Å²) in [5, 5.41) is 0. The fourth-order valence-electron chi connectivity index (χ4n) is 1.19. The SMILES string of the molecule is [B]1OCC2(CO1)CO[B]OC2. The number of rotatable bonds is 0. The molecule has 4 nitrogen and oxygen atoms in total. The fraction of sp³-hybridized carbons (Fsp3) is 1.00. The molecule has 0 aromatic rings. The van der Waals surface area contributed by atoms with Crippen LogP contribution in [0, 0.1) is 5.41 Å². The molecule has 0 amide bonds. The van der Waals surface area contributed by atoms with Crippen LogP contribution in [0.2, 0.25) is 0 Å². The summed E-state index contributed by atoms with van der Waals surface area (Å²) in [5.41, 5.74) is -0.0938. The van der Waals surface area contributed by atoms with E-state index in [1.54, 1.807) is 0 Å². The van der Waals surface area contributed by atoms with E-state index in [1.165, 1.54) is 15.4 Å². The van der Waals surface area contributed by atoms with Crippen molar-refractivity contribution in [2.45, 2.75) is 0 Å².